The van der Waals surface area contributed by atoms with Crippen LogP contribution < -0.4 is 0 Å². The van der Waals surface area contributed by atoms with Crippen molar-refractivity contribution in [2.24, 2.45) is 17.8 Å². The second kappa shape index (κ2) is 38.0. The summed E-state index contributed by atoms with van der Waals surface area (Å²) in [6.45, 7) is 26.7. The molecular formula is C42H80O16. The van der Waals surface area contributed by atoms with Gasteiger partial charge in [-0.1, -0.05) is 95.8 Å². The molecule has 0 saturated carbocycles. The molecule has 0 amide bonds. The Balaban J connectivity index is -0.000000204. The SMILES string of the molecule is CC[C@H](C)CCC=C(C)C.CC[C@H](C)CCC=C(C)C.CC[C@H](C)CCC=C(C)C.O=C(O)[C@@H](O)[C@H](O)[C@H](O)[C@@H](O)C(=O)O.O=C(O)[C@@H](O)[C@H](O)[C@H](O)[C@@H](O)C(=O)O. The van der Waals surface area contributed by atoms with Crippen molar-refractivity contribution in [1.82, 2.24) is 0 Å². The fraction of sp³-hybridized carbons (Fsp3) is 0.762. The maximum Gasteiger partial charge on any atom is 0.335 e. The summed E-state index contributed by atoms with van der Waals surface area (Å²) in [6.07, 6.45) is 0.191. The second-order valence-electron chi connectivity index (χ2n) is 15.2. The number of hydrogen-bond donors (Lipinski definition) is 12. The van der Waals surface area contributed by atoms with Crippen LogP contribution in [0.5, 0.6) is 0 Å². The van der Waals surface area contributed by atoms with Gasteiger partial charge in [-0.25, -0.2) is 19.2 Å². The van der Waals surface area contributed by atoms with E-state index in [1.165, 1.54) is 74.5 Å². The van der Waals surface area contributed by atoms with Gasteiger partial charge in [0.05, 0.1) is 0 Å². The van der Waals surface area contributed by atoms with Gasteiger partial charge in [0.2, 0.25) is 0 Å². The lowest BCUT2D eigenvalue weighted by atomic mass is 10.0. The zero-order chi connectivity index (χ0) is 46.9. The van der Waals surface area contributed by atoms with E-state index < -0.39 is 72.7 Å². The number of hydrogen-bond acceptors (Lipinski definition) is 12. The number of carboxylic acids is 4. The molecular weight excluding hydrogens is 760 g/mol. The van der Waals surface area contributed by atoms with Gasteiger partial charge in [0.1, 0.15) is 24.4 Å². The molecule has 0 aromatic carbocycles. The highest BCUT2D eigenvalue weighted by atomic mass is 16.4. The van der Waals surface area contributed by atoms with E-state index in [0.29, 0.717) is 0 Å². The molecule has 344 valence electrons. The number of carboxylic acid groups (broad SMARTS) is 4. The van der Waals surface area contributed by atoms with Gasteiger partial charge in [0.25, 0.3) is 0 Å². The predicted molar refractivity (Wildman–Crippen MR) is 223 cm³/mol. The molecule has 0 rings (SSSR count). The van der Waals surface area contributed by atoms with Gasteiger partial charge in [-0.2, -0.15) is 0 Å². The summed E-state index contributed by atoms with van der Waals surface area (Å²) < 4.78 is 0. The summed E-state index contributed by atoms with van der Waals surface area (Å²) in [4.78, 5) is 40.3. The molecule has 0 fully saturated rings. The Labute approximate surface area is 346 Å². The first-order valence-corrected chi connectivity index (χ1v) is 19.8. The molecule has 0 aliphatic carbocycles. The van der Waals surface area contributed by atoms with E-state index >= 15 is 0 Å². The zero-order valence-electron chi connectivity index (χ0n) is 36.9. The molecule has 16 nitrogen and oxygen atoms in total. The Morgan fingerprint density at radius 1 is 0.379 bits per heavy atom. The van der Waals surface area contributed by atoms with Gasteiger partial charge in [-0.15, -0.1) is 0 Å². The van der Waals surface area contributed by atoms with Crippen LogP contribution in [0.3, 0.4) is 0 Å². The number of aliphatic hydroxyl groups is 8. The largest absolute Gasteiger partial charge is 0.479 e. The highest BCUT2D eigenvalue weighted by molar-refractivity contribution is 5.75. The summed E-state index contributed by atoms with van der Waals surface area (Å²) in [5.74, 6) is -4.66. The van der Waals surface area contributed by atoms with Gasteiger partial charge in [-0.05, 0) is 97.8 Å². The lowest BCUT2D eigenvalue weighted by molar-refractivity contribution is -0.172. The standard InChI is InChI=1S/3C10H20.2C6H10O8/c3*1-5-10(4)8-6-7-9(2)3;2*7-1(3(9)5(11)12)2(8)4(10)6(13)14/h3*7,10H,5-6,8H2,1-4H3;2*1-4,7-10H,(H,11,12)(H,13,14)/t3*10-;2*1-,2+,3+,4-/m000../s1. The molecule has 0 aliphatic rings. The lowest BCUT2D eigenvalue weighted by Crippen LogP contribution is -2.49. The smallest absolute Gasteiger partial charge is 0.335 e. The Morgan fingerprint density at radius 2 is 0.534 bits per heavy atom. The average Bonchev–Trinajstić information content (AvgIpc) is 3.15. The van der Waals surface area contributed by atoms with Crippen molar-refractivity contribution < 1.29 is 80.5 Å². The number of carbonyl (C=O) groups is 4. The quantitative estimate of drug-likeness (QED) is 0.0666. The van der Waals surface area contributed by atoms with Crippen molar-refractivity contribution in [2.45, 2.75) is 190 Å². The summed E-state index contributed by atoms with van der Waals surface area (Å²) in [5.41, 5.74) is 4.34. The van der Waals surface area contributed by atoms with E-state index in [1.54, 1.807) is 0 Å². The molecule has 58 heavy (non-hydrogen) atoms. The van der Waals surface area contributed by atoms with Gasteiger partial charge in [0.15, 0.2) is 24.4 Å². The molecule has 12 N–H and O–H groups in total. The minimum absolute atomic E-state index is 0.899. The van der Waals surface area contributed by atoms with Gasteiger partial charge in [-0.3, -0.25) is 0 Å². The van der Waals surface area contributed by atoms with Crippen LogP contribution in [0.25, 0.3) is 0 Å². The molecule has 0 bridgehead atoms. The molecule has 0 radical (unpaired) electrons. The maximum absolute atomic E-state index is 10.1. The molecule has 0 saturated heterocycles. The van der Waals surface area contributed by atoms with E-state index in [0.717, 1.165) is 17.8 Å². The molecule has 0 aromatic heterocycles. The van der Waals surface area contributed by atoms with Crippen molar-refractivity contribution in [3.63, 3.8) is 0 Å². The van der Waals surface area contributed by atoms with E-state index in [-0.39, 0.29) is 0 Å². The minimum Gasteiger partial charge on any atom is -0.479 e. The maximum atomic E-state index is 10.1. The summed E-state index contributed by atoms with van der Waals surface area (Å²) in [5, 5.41) is 103. The number of aliphatic carboxylic acids is 4. The highest BCUT2D eigenvalue weighted by Crippen LogP contribution is 2.12. The monoisotopic (exact) mass is 841 g/mol. The Bertz CT molecular complexity index is 1010. The van der Waals surface area contributed by atoms with Crippen molar-refractivity contribution in [1.29, 1.82) is 0 Å². The number of aliphatic hydroxyl groups excluding tert-OH is 8. The third-order valence-corrected chi connectivity index (χ3v) is 8.73. The van der Waals surface area contributed by atoms with Crippen molar-refractivity contribution in [3.8, 4) is 0 Å². The van der Waals surface area contributed by atoms with Crippen molar-refractivity contribution in [2.75, 3.05) is 0 Å². The second-order valence-corrected chi connectivity index (χ2v) is 15.2. The van der Waals surface area contributed by atoms with Crippen LogP contribution in [-0.4, -0.2) is 134 Å². The molecule has 0 spiro atoms. The summed E-state index contributed by atoms with van der Waals surface area (Å²) in [6, 6.07) is 0. The average molecular weight is 841 g/mol. The third-order valence-electron chi connectivity index (χ3n) is 8.73. The van der Waals surface area contributed by atoms with Crippen molar-refractivity contribution in [3.05, 3.63) is 34.9 Å². The van der Waals surface area contributed by atoms with Crippen LogP contribution in [0.2, 0.25) is 0 Å². The first-order valence-electron chi connectivity index (χ1n) is 19.8. The normalized spacial score (nSPS) is 16.0. The molecule has 0 aliphatic heterocycles. The van der Waals surface area contributed by atoms with Crippen molar-refractivity contribution >= 4 is 23.9 Å². The summed E-state index contributed by atoms with van der Waals surface area (Å²) >= 11 is 0. The first-order chi connectivity index (χ1) is 26.6. The fourth-order valence-electron chi connectivity index (χ4n) is 3.91. The molecule has 11 atom stereocenters. The Hall–Kier alpha value is -3.22. The van der Waals surface area contributed by atoms with E-state index in [4.69, 9.17) is 61.3 Å². The Morgan fingerprint density at radius 3 is 0.638 bits per heavy atom. The lowest BCUT2D eigenvalue weighted by Gasteiger charge is -2.21. The zero-order valence-corrected chi connectivity index (χ0v) is 36.9. The Kier molecular flexibility index (Phi) is 41.9. The van der Waals surface area contributed by atoms with Crippen LogP contribution in [0, 0.1) is 17.8 Å². The topological polar surface area (TPSA) is 311 Å². The van der Waals surface area contributed by atoms with E-state index in [1.807, 2.05) is 0 Å². The highest BCUT2D eigenvalue weighted by Gasteiger charge is 2.38. The van der Waals surface area contributed by atoms with E-state index in [2.05, 4.69) is 101 Å². The van der Waals surface area contributed by atoms with Crippen LogP contribution in [0.4, 0.5) is 0 Å². The third kappa shape index (κ3) is 38.3. The van der Waals surface area contributed by atoms with Crippen LogP contribution >= 0.6 is 0 Å². The van der Waals surface area contributed by atoms with Gasteiger partial charge >= 0.3 is 23.9 Å². The van der Waals surface area contributed by atoms with Gasteiger partial charge < -0.3 is 61.3 Å². The molecule has 16 heteroatoms. The fourth-order valence-corrected chi connectivity index (χ4v) is 3.91. The van der Waals surface area contributed by atoms with Crippen LogP contribution in [0.1, 0.15) is 141 Å². The molecule has 0 aromatic rings. The predicted octanol–water partition coefficient (Wildman–Crippen LogP) is 4.54. The number of rotatable bonds is 22. The van der Waals surface area contributed by atoms with Crippen LogP contribution in [0.15, 0.2) is 34.9 Å². The van der Waals surface area contributed by atoms with Gasteiger partial charge in [0, 0.05) is 0 Å². The number of allylic oxidation sites excluding steroid dienone is 6. The summed E-state index contributed by atoms with van der Waals surface area (Å²) in [7, 11) is 0. The molecule has 0 unspecified atom stereocenters. The van der Waals surface area contributed by atoms with Crippen LogP contribution in [-0.2, 0) is 19.2 Å². The minimum atomic E-state index is -2.36. The first kappa shape index (κ1) is 63.9. The van der Waals surface area contributed by atoms with E-state index in [9.17, 15) is 19.2 Å². The molecule has 0 heterocycles.